The maximum Gasteiger partial charge on any atom is 0.249 e. The van der Waals surface area contributed by atoms with Gasteiger partial charge < -0.3 is 9.73 Å². The van der Waals surface area contributed by atoms with Crippen molar-refractivity contribution in [1.29, 1.82) is 0 Å². The molecule has 2 heterocycles. The van der Waals surface area contributed by atoms with E-state index >= 15 is 0 Å². The van der Waals surface area contributed by atoms with Gasteiger partial charge in [0, 0.05) is 29.8 Å². The fourth-order valence-electron chi connectivity index (χ4n) is 2.49. The third kappa shape index (κ3) is 4.45. The van der Waals surface area contributed by atoms with Crippen LogP contribution in [0.1, 0.15) is 25.2 Å². The molecule has 2 aromatic rings. The van der Waals surface area contributed by atoms with Crippen LogP contribution in [0.15, 0.2) is 34.9 Å². The molecule has 0 aliphatic carbocycles. The van der Waals surface area contributed by atoms with E-state index in [1.807, 2.05) is 12.1 Å². The first kappa shape index (κ1) is 17.2. The second kappa shape index (κ2) is 7.48. The van der Waals surface area contributed by atoms with Gasteiger partial charge in [0.15, 0.2) is 11.7 Å². The number of aryl methyl sites for hydroxylation is 1. The van der Waals surface area contributed by atoms with Crippen LogP contribution in [-0.4, -0.2) is 28.7 Å². The largest absolute Gasteiger partial charge is 0.441 e. The van der Waals surface area contributed by atoms with Gasteiger partial charge in [-0.25, -0.2) is 4.98 Å². The zero-order chi connectivity index (χ0) is 17.8. The number of imide groups is 1. The molecule has 1 unspecified atom stereocenters. The predicted molar refractivity (Wildman–Crippen MR) is 89.6 cm³/mol. The number of amides is 3. The lowest BCUT2D eigenvalue weighted by molar-refractivity contribution is -0.137. The third-order valence-corrected chi connectivity index (χ3v) is 4.07. The van der Waals surface area contributed by atoms with Crippen molar-refractivity contribution < 1.29 is 18.8 Å². The van der Waals surface area contributed by atoms with Crippen LogP contribution in [0.25, 0.3) is 11.3 Å². The molecule has 1 aliphatic rings. The Morgan fingerprint density at radius 2 is 2.08 bits per heavy atom. The molecule has 0 saturated carbocycles. The minimum absolute atomic E-state index is 0.137. The zero-order valence-corrected chi connectivity index (χ0v) is 14.0. The van der Waals surface area contributed by atoms with Gasteiger partial charge >= 0.3 is 0 Å². The maximum atomic E-state index is 12.0. The van der Waals surface area contributed by atoms with Gasteiger partial charge in [-0.3, -0.25) is 19.7 Å². The van der Waals surface area contributed by atoms with Crippen LogP contribution in [0.4, 0.5) is 0 Å². The standard InChI is InChI=1S/C17H16ClN3O4/c18-11-3-1-10(2-4-11)13-9-19-16(25-13)8-7-14(22)20-12-5-6-15(23)21-17(12)24/h1-4,9,12H,5-8H2,(H,20,22)(H,21,23,24). The van der Waals surface area contributed by atoms with Crippen LogP contribution >= 0.6 is 11.6 Å². The van der Waals surface area contributed by atoms with Crippen LogP contribution in [0.5, 0.6) is 0 Å². The Hall–Kier alpha value is -2.67. The molecule has 3 rings (SSSR count). The summed E-state index contributed by atoms with van der Waals surface area (Å²) in [5, 5.41) is 5.45. The van der Waals surface area contributed by atoms with Crippen LogP contribution < -0.4 is 10.6 Å². The molecule has 8 heteroatoms. The number of piperidine rings is 1. The van der Waals surface area contributed by atoms with Gasteiger partial charge in [-0.2, -0.15) is 0 Å². The van der Waals surface area contributed by atoms with Gasteiger partial charge in [-0.1, -0.05) is 11.6 Å². The third-order valence-electron chi connectivity index (χ3n) is 3.82. The number of benzene rings is 1. The molecule has 0 radical (unpaired) electrons. The van der Waals surface area contributed by atoms with Crippen molar-refractivity contribution in [2.75, 3.05) is 0 Å². The summed E-state index contributed by atoms with van der Waals surface area (Å²) in [6.07, 6.45) is 2.58. The molecule has 0 spiro atoms. The van der Waals surface area contributed by atoms with E-state index in [4.69, 9.17) is 16.0 Å². The lowest BCUT2D eigenvalue weighted by atomic mass is 10.1. The lowest BCUT2D eigenvalue weighted by Crippen LogP contribution is -2.52. The van der Waals surface area contributed by atoms with Crippen LogP contribution in [0, 0.1) is 0 Å². The maximum absolute atomic E-state index is 12.0. The summed E-state index contributed by atoms with van der Waals surface area (Å²) >= 11 is 5.85. The Morgan fingerprint density at radius 3 is 2.80 bits per heavy atom. The topological polar surface area (TPSA) is 101 Å². The first-order valence-electron chi connectivity index (χ1n) is 7.85. The minimum atomic E-state index is -0.667. The Balaban J connectivity index is 1.52. The predicted octanol–water partition coefficient (Wildman–Crippen LogP) is 1.85. The number of rotatable bonds is 5. The van der Waals surface area contributed by atoms with Crippen molar-refractivity contribution in [2.24, 2.45) is 0 Å². The molecule has 1 fully saturated rings. The van der Waals surface area contributed by atoms with E-state index in [0.717, 1.165) is 5.56 Å². The molecule has 0 bridgehead atoms. The van der Waals surface area contributed by atoms with E-state index < -0.39 is 11.9 Å². The summed E-state index contributed by atoms with van der Waals surface area (Å²) in [5.74, 6) is -0.0443. The second-order valence-electron chi connectivity index (χ2n) is 5.70. The molecular weight excluding hydrogens is 346 g/mol. The number of nitrogens with zero attached hydrogens (tertiary/aromatic N) is 1. The Morgan fingerprint density at radius 1 is 1.32 bits per heavy atom. The highest BCUT2D eigenvalue weighted by Crippen LogP contribution is 2.22. The molecule has 1 aromatic heterocycles. The van der Waals surface area contributed by atoms with Crippen molar-refractivity contribution >= 4 is 29.3 Å². The van der Waals surface area contributed by atoms with Crippen molar-refractivity contribution in [2.45, 2.75) is 31.7 Å². The average Bonchev–Trinajstić information content (AvgIpc) is 3.05. The van der Waals surface area contributed by atoms with E-state index in [2.05, 4.69) is 15.6 Å². The Bertz CT molecular complexity index is 800. The summed E-state index contributed by atoms with van der Waals surface area (Å²) in [6.45, 7) is 0. The van der Waals surface area contributed by atoms with E-state index in [1.54, 1.807) is 18.3 Å². The highest BCUT2D eigenvalue weighted by molar-refractivity contribution is 6.30. The number of oxazole rings is 1. The number of carbonyl (C=O) groups is 3. The highest BCUT2D eigenvalue weighted by atomic mass is 35.5. The number of hydrogen-bond acceptors (Lipinski definition) is 5. The van der Waals surface area contributed by atoms with Gasteiger partial charge in [-0.15, -0.1) is 0 Å². The number of halogens is 1. The van der Waals surface area contributed by atoms with E-state index in [9.17, 15) is 14.4 Å². The Labute approximate surface area is 148 Å². The van der Waals surface area contributed by atoms with Gasteiger partial charge in [0.1, 0.15) is 6.04 Å². The van der Waals surface area contributed by atoms with Crippen LogP contribution in [-0.2, 0) is 20.8 Å². The summed E-state index contributed by atoms with van der Waals surface area (Å²) in [7, 11) is 0. The summed E-state index contributed by atoms with van der Waals surface area (Å²) in [6, 6.07) is 6.49. The summed E-state index contributed by atoms with van der Waals surface area (Å²) < 4.78 is 5.63. The molecule has 1 saturated heterocycles. The lowest BCUT2D eigenvalue weighted by Gasteiger charge is -2.21. The molecule has 7 nitrogen and oxygen atoms in total. The molecule has 25 heavy (non-hydrogen) atoms. The number of hydrogen-bond donors (Lipinski definition) is 2. The molecule has 2 N–H and O–H groups in total. The van der Waals surface area contributed by atoms with Crippen molar-refractivity contribution in [3.8, 4) is 11.3 Å². The number of nitrogens with one attached hydrogen (secondary N) is 2. The van der Waals surface area contributed by atoms with E-state index in [0.29, 0.717) is 29.5 Å². The minimum Gasteiger partial charge on any atom is -0.441 e. The van der Waals surface area contributed by atoms with Gasteiger partial charge in [0.25, 0.3) is 0 Å². The van der Waals surface area contributed by atoms with Gasteiger partial charge in [-0.05, 0) is 30.7 Å². The first-order chi connectivity index (χ1) is 12.0. The van der Waals surface area contributed by atoms with Crippen LogP contribution in [0.3, 0.4) is 0 Å². The summed E-state index contributed by atoms with van der Waals surface area (Å²) in [4.78, 5) is 38.8. The number of carbonyl (C=O) groups excluding carboxylic acids is 3. The summed E-state index contributed by atoms with van der Waals surface area (Å²) in [5.41, 5.74) is 0.844. The normalized spacial score (nSPS) is 17.2. The fraction of sp³-hybridized carbons (Fsp3) is 0.294. The quantitative estimate of drug-likeness (QED) is 0.791. The SMILES string of the molecule is O=C1CCC(NC(=O)CCc2ncc(-c3ccc(Cl)cc3)o2)C(=O)N1. The van der Waals surface area contributed by atoms with Crippen molar-refractivity contribution in [1.82, 2.24) is 15.6 Å². The van der Waals surface area contributed by atoms with E-state index in [1.165, 1.54) is 0 Å². The molecule has 1 aliphatic heterocycles. The molecular formula is C17H16ClN3O4. The van der Waals surface area contributed by atoms with Gasteiger partial charge in [0.05, 0.1) is 6.20 Å². The molecule has 1 atom stereocenters. The Kier molecular flexibility index (Phi) is 5.14. The zero-order valence-electron chi connectivity index (χ0n) is 13.3. The molecule has 1 aromatic carbocycles. The average molecular weight is 362 g/mol. The molecule has 3 amide bonds. The smallest absolute Gasteiger partial charge is 0.249 e. The van der Waals surface area contributed by atoms with E-state index in [-0.39, 0.29) is 24.7 Å². The van der Waals surface area contributed by atoms with Crippen molar-refractivity contribution in [3.63, 3.8) is 0 Å². The fourth-order valence-corrected chi connectivity index (χ4v) is 2.62. The highest BCUT2D eigenvalue weighted by Gasteiger charge is 2.27. The van der Waals surface area contributed by atoms with Crippen molar-refractivity contribution in [3.05, 3.63) is 41.4 Å². The van der Waals surface area contributed by atoms with Crippen LogP contribution in [0.2, 0.25) is 5.02 Å². The van der Waals surface area contributed by atoms with Gasteiger partial charge in [0.2, 0.25) is 17.7 Å². The molecule has 130 valence electrons. The monoisotopic (exact) mass is 361 g/mol. The first-order valence-corrected chi connectivity index (χ1v) is 8.23. The second-order valence-corrected chi connectivity index (χ2v) is 6.13. The number of aromatic nitrogens is 1.